The van der Waals surface area contributed by atoms with E-state index >= 15 is 0 Å². The van der Waals surface area contributed by atoms with E-state index in [-0.39, 0.29) is 18.3 Å². The Morgan fingerprint density at radius 2 is 2.00 bits per heavy atom. The number of aryl methyl sites for hydroxylation is 3. The molecule has 136 valence electrons. The summed E-state index contributed by atoms with van der Waals surface area (Å²) in [5.41, 5.74) is 3.98. The quantitative estimate of drug-likeness (QED) is 0.719. The molecule has 0 saturated heterocycles. The third-order valence-corrected chi connectivity index (χ3v) is 4.40. The van der Waals surface area contributed by atoms with E-state index < -0.39 is 0 Å². The van der Waals surface area contributed by atoms with Gasteiger partial charge in [0.15, 0.2) is 5.76 Å². The average molecular weight is 353 g/mol. The molecule has 6 heteroatoms. The molecule has 1 N–H and O–H groups in total. The van der Waals surface area contributed by atoms with Gasteiger partial charge in [0.1, 0.15) is 18.1 Å². The lowest BCUT2D eigenvalue weighted by molar-refractivity contribution is 0.0992. The van der Waals surface area contributed by atoms with Gasteiger partial charge in [0.25, 0.3) is 5.91 Å². The lowest BCUT2D eigenvalue weighted by atomic mass is 10.1. The molecule has 0 aliphatic carbocycles. The van der Waals surface area contributed by atoms with Crippen molar-refractivity contribution in [3.05, 3.63) is 64.9 Å². The van der Waals surface area contributed by atoms with Gasteiger partial charge in [0, 0.05) is 6.54 Å². The smallest absolute Gasteiger partial charge is 0.291 e. The van der Waals surface area contributed by atoms with Crippen LogP contribution in [0.1, 0.15) is 40.1 Å². The Morgan fingerprint density at radius 3 is 2.69 bits per heavy atom. The van der Waals surface area contributed by atoms with Crippen LogP contribution in [0.25, 0.3) is 0 Å². The number of nitrogens with one attached hydrogen (secondary N) is 1. The SMILES string of the molecule is CCn1ncc(NC(=O)c2ccc(COc3ccc(C)c(C)c3)o2)c1C. The summed E-state index contributed by atoms with van der Waals surface area (Å²) >= 11 is 0. The van der Waals surface area contributed by atoms with Gasteiger partial charge >= 0.3 is 0 Å². The molecule has 0 aliphatic rings. The van der Waals surface area contributed by atoms with Crippen LogP contribution >= 0.6 is 0 Å². The predicted octanol–water partition coefficient (Wildman–Crippen LogP) is 4.25. The fraction of sp³-hybridized carbons (Fsp3) is 0.300. The molecule has 0 unspecified atom stereocenters. The molecule has 0 saturated carbocycles. The summed E-state index contributed by atoms with van der Waals surface area (Å²) in [4.78, 5) is 12.4. The maximum atomic E-state index is 12.4. The Labute approximate surface area is 152 Å². The van der Waals surface area contributed by atoms with Crippen LogP contribution in [-0.4, -0.2) is 15.7 Å². The highest BCUT2D eigenvalue weighted by Crippen LogP contribution is 2.19. The summed E-state index contributed by atoms with van der Waals surface area (Å²) < 4.78 is 13.2. The lowest BCUT2D eigenvalue weighted by Gasteiger charge is -2.07. The second-order valence-electron chi connectivity index (χ2n) is 6.21. The van der Waals surface area contributed by atoms with Crippen LogP contribution in [0.4, 0.5) is 5.69 Å². The monoisotopic (exact) mass is 353 g/mol. The fourth-order valence-corrected chi connectivity index (χ4v) is 2.61. The number of carbonyl (C=O) groups excluding carboxylic acids is 1. The first-order valence-corrected chi connectivity index (χ1v) is 8.60. The van der Waals surface area contributed by atoms with Crippen molar-refractivity contribution in [2.45, 2.75) is 40.8 Å². The number of ether oxygens (including phenoxy) is 1. The van der Waals surface area contributed by atoms with E-state index in [0.29, 0.717) is 11.4 Å². The highest BCUT2D eigenvalue weighted by Gasteiger charge is 2.15. The van der Waals surface area contributed by atoms with Crippen molar-refractivity contribution in [2.75, 3.05) is 5.32 Å². The van der Waals surface area contributed by atoms with Gasteiger partial charge in [-0.25, -0.2) is 0 Å². The van der Waals surface area contributed by atoms with Crippen molar-refractivity contribution in [2.24, 2.45) is 0 Å². The molecular weight excluding hydrogens is 330 g/mol. The Bertz CT molecular complexity index is 924. The largest absolute Gasteiger partial charge is 0.486 e. The van der Waals surface area contributed by atoms with E-state index in [4.69, 9.17) is 9.15 Å². The van der Waals surface area contributed by atoms with Gasteiger partial charge in [-0.3, -0.25) is 9.48 Å². The Hall–Kier alpha value is -3.02. The minimum absolute atomic E-state index is 0.243. The first-order chi connectivity index (χ1) is 12.5. The average Bonchev–Trinajstić information content (AvgIpc) is 3.23. The van der Waals surface area contributed by atoms with Crippen molar-refractivity contribution in [3.63, 3.8) is 0 Å². The van der Waals surface area contributed by atoms with Gasteiger partial charge in [-0.15, -0.1) is 0 Å². The number of amides is 1. The third-order valence-electron chi connectivity index (χ3n) is 4.40. The highest BCUT2D eigenvalue weighted by molar-refractivity contribution is 6.02. The number of nitrogens with zero attached hydrogens (tertiary/aromatic N) is 2. The minimum atomic E-state index is -0.304. The van der Waals surface area contributed by atoms with Gasteiger partial charge in [0.05, 0.1) is 17.6 Å². The van der Waals surface area contributed by atoms with Crippen LogP contribution in [-0.2, 0) is 13.2 Å². The number of rotatable bonds is 6. The molecule has 0 spiro atoms. The lowest BCUT2D eigenvalue weighted by Crippen LogP contribution is -2.11. The zero-order valence-electron chi connectivity index (χ0n) is 15.5. The summed E-state index contributed by atoms with van der Waals surface area (Å²) in [5, 5.41) is 7.04. The number of hydrogen-bond donors (Lipinski definition) is 1. The van der Waals surface area contributed by atoms with Crippen molar-refractivity contribution >= 4 is 11.6 Å². The molecule has 2 aromatic heterocycles. The molecule has 2 heterocycles. The van der Waals surface area contributed by atoms with Crippen LogP contribution in [0.2, 0.25) is 0 Å². The maximum absolute atomic E-state index is 12.4. The maximum Gasteiger partial charge on any atom is 0.291 e. The number of aromatic nitrogens is 2. The van der Waals surface area contributed by atoms with Crippen molar-refractivity contribution in [1.82, 2.24) is 9.78 Å². The van der Waals surface area contributed by atoms with Gasteiger partial charge in [-0.2, -0.15) is 5.10 Å². The molecule has 0 bridgehead atoms. The Kier molecular flexibility index (Phi) is 5.11. The molecule has 6 nitrogen and oxygen atoms in total. The number of anilines is 1. The van der Waals surface area contributed by atoms with Crippen LogP contribution in [0.3, 0.4) is 0 Å². The molecule has 0 radical (unpaired) electrons. The van der Waals surface area contributed by atoms with E-state index in [1.807, 2.05) is 43.7 Å². The molecule has 3 aromatic rings. The second-order valence-corrected chi connectivity index (χ2v) is 6.21. The first kappa shape index (κ1) is 17.8. The standard InChI is InChI=1S/C20H23N3O3/c1-5-23-15(4)18(11-21-23)22-20(24)19-9-8-17(26-19)12-25-16-7-6-13(2)14(3)10-16/h6-11H,5,12H2,1-4H3,(H,22,24). The Morgan fingerprint density at radius 1 is 1.19 bits per heavy atom. The van der Waals surface area contributed by atoms with E-state index in [1.54, 1.807) is 18.3 Å². The normalized spacial score (nSPS) is 10.8. The van der Waals surface area contributed by atoms with Crippen LogP contribution in [0.5, 0.6) is 5.75 Å². The zero-order chi connectivity index (χ0) is 18.7. The molecule has 26 heavy (non-hydrogen) atoms. The summed E-state index contributed by atoms with van der Waals surface area (Å²) in [6, 6.07) is 9.32. The predicted molar refractivity (Wildman–Crippen MR) is 99.5 cm³/mol. The van der Waals surface area contributed by atoms with Crippen LogP contribution < -0.4 is 10.1 Å². The van der Waals surface area contributed by atoms with Crippen molar-refractivity contribution in [1.29, 1.82) is 0 Å². The highest BCUT2D eigenvalue weighted by atomic mass is 16.5. The summed E-state index contributed by atoms with van der Waals surface area (Å²) in [6.07, 6.45) is 1.64. The molecule has 0 atom stereocenters. The zero-order valence-corrected chi connectivity index (χ0v) is 15.5. The van der Waals surface area contributed by atoms with Gasteiger partial charge in [-0.05, 0) is 63.1 Å². The fourth-order valence-electron chi connectivity index (χ4n) is 2.61. The van der Waals surface area contributed by atoms with Gasteiger partial charge in [0.2, 0.25) is 0 Å². The minimum Gasteiger partial charge on any atom is -0.486 e. The second kappa shape index (κ2) is 7.47. The van der Waals surface area contributed by atoms with Crippen LogP contribution in [0, 0.1) is 20.8 Å². The number of carbonyl (C=O) groups is 1. The third kappa shape index (κ3) is 3.79. The number of hydrogen-bond acceptors (Lipinski definition) is 4. The molecule has 3 rings (SSSR count). The number of furan rings is 1. The molecule has 0 fully saturated rings. The van der Waals surface area contributed by atoms with E-state index in [9.17, 15) is 4.79 Å². The van der Waals surface area contributed by atoms with E-state index in [1.165, 1.54) is 11.1 Å². The molecule has 1 aromatic carbocycles. The van der Waals surface area contributed by atoms with E-state index in [2.05, 4.69) is 17.3 Å². The summed E-state index contributed by atoms with van der Waals surface area (Å²) in [5.74, 6) is 1.31. The van der Waals surface area contributed by atoms with E-state index in [0.717, 1.165) is 18.0 Å². The number of benzene rings is 1. The summed E-state index contributed by atoms with van der Waals surface area (Å²) in [7, 11) is 0. The van der Waals surface area contributed by atoms with Crippen LogP contribution in [0.15, 0.2) is 40.9 Å². The first-order valence-electron chi connectivity index (χ1n) is 8.60. The van der Waals surface area contributed by atoms with Crippen molar-refractivity contribution in [3.8, 4) is 5.75 Å². The topological polar surface area (TPSA) is 69.3 Å². The Balaban J connectivity index is 1.62. The summed E-state index contributed by atoms with van der Waals surface area (Å²) in [6.45, 7) is 9.03. The van der Waals surface area contributed by atoms with Crippen molar-refractivity contribution < 1.29 is 13.9 Å². The van der Waals surface area contributed by atoms with Gasteiger partial charge in [-0.1, -0.05) is 6.07 Å². The molecule has 1 amide bonds. The molecular formula is C20H23N3O3. The van der Waals surface area contributed by atoms with Gasteiger partial charge < -0.3 is 14.5 Å². The molecule has 0 aliphatic heterocycles.